The third-order valence-electron chi connectivity index (χ3n) is 5.93. The van der Waals surface area contributed by atoms with Crippen molar-refractivity contribution in [1.82, 2.24) is 4.98 Å². The Hall–Kier alpha value is -2.60. The first kappa shape index (κ1) is 25.5. The molecular weight excluding hydrogens is 500 g/mol. The standard InChI is InChI=1S/C25H25F6NOSi2/c1-34(2,3)18-13-15(12-14-8-7-9-17(19(14)18)24(26,27)28)21-22-16(10-11-32-21)20(25(29,30)31)23(33-22)35(4,5)6/h7-13H,1-6H3. The lowest BCUT2D eigenvalue weighted by molar-refractivity contribution is -0.136. The second-order valence-corrected chi connectivity index (χ2v) is 20.8. The van der Waals surface area contributed by atoms with Crippen LogP contribution in [0.2, 0.25) is 39.3 Å². The van der Waals surface area contributed by atoms with Gasteiger partial charge < -0.3 is 4.42 Å². The second kappa shape index (κ2) is 7.96. The molecule has 2 nitrogen and oxygen atoms in total. The largest absolute Gasteiger partial charge is 0.463 e. The van der Waals surface area contributed by atoms with E-state index in [9.17, 15) is 26.3 Å². The summed E-state index contributed by atoms with van der Waals surface area (Å²) in [4.78, 5) is 4.34. The molecule has 186 valence electrons. The van der Waals surface area contributed by atoms with E-state index < -0.39 is 39.6 Å². The highest BCUT2D eigenvalue weighted by Gasteiger charge is 2.43. The van der Waals surface area contributed by atoms with Crippen LogP contribution >= 0.6 is 0 Å². The van der Waals surface area contributed by atoms with Crippen LogP contribution in [-0.2, 0) is 12.4 Å². The monoisotopic (exact) mass is 525 g/mol. The molecule has 0 atom stereocenters. The highest BCUT2D eigenvalue weighted by Crippen LogP contribution is 2.40. The number of benzene rings is 2. The zero-order valence-corrected chi connectivity index (χ0v) is 22.2. The van der Waals surface area contributed by atoms with E-state index in [0.29, 0.717) is 16.1 Å². The van der Waals surface area contributed by atoms with E-state index in [1.165, 1.54) is 18.3 Å². The number of halogens is 6. The summed E-state index contributed by atoms with van der Waals surface area (Å²) in [5, 5.41) is 0.901. The molecule has 0 bridgehead atoms. The predicted molar refractivity (Wildman–Crippen MR) is 133 cm³/mol. The van der Waals surface area contributed by atoms with Crippen LogP contribution < -0.4 is 10.6 Å². The van der Waals surface area contributed by atoms with Gasteiger partial charge in [0.25, 0.3) is 0 Å². The van der Waals surface area contributed by atoms with Crippen molar-refractivity contribution in [2.24, 2.45) is 0 Å². The van der Waals surface area contributed by atoms with E-state index >= 15 is 0 Å². The predicted octanol–water partition coefficient (Wildman–Crippen LogP) is 7.78. The SMILES string of the molecule is C[Si](C)(C)c1oc2c(-c3cc([Si](C)(C)C)c4c(C(F)(F)F)cccc4c3)nccc2c1C(F)(F)F. The molecule has 0 unspecified atom stereocenters. The van der Waals surface area contributed by atoms with Crippen molar-refractivity contribution in [3.05, 3.63) is 53.7 Å². The van der Waals surface area contributed by atoms with Gasteiger partial charge in [0.1, 0.15) is 13.8 Å². The maximum Gasteiger partial charge on any atom is 0.419 e. The summed E-state index contributed by atoms with van der Waals surface area (Å²) in [6, 6.07) is 8.49. The maximum absolute atomic E-state index is 14.1. The van der Waals surface area contributed by atoms with Gasteiger partial charge >= 0.3 is 12.4 Å². The van der Waals surface area contributed by atoms with Gasteiger partial charge in [0, 0.05) is 17.1 Å². The second-order valence-electron chi connectivity index (χ2n) is 10.8. The van der Waals surface area contributed by atoms with Crippen molar-refractivity contribution in [2.75, 3.05) is 0 Å². The molecule has 0 saturated carbocycles. The molecule has 35 heavy (non-hydrogen) atoms. The van der Waals surface area contributed by atoms with Crippen molar-refractivity contribution in [2.45, 2.75) is 51.6 Å². The molecule has 0 N–H and O–H groups in total. The van der Waals surface area contributed by atoms with Crippen LogP contribution in [0.1, 0.15) is 11.1 Å². The number of nitrogens with zero attached hydrogens (tertiary/aromatic N) is 1. The zero-order valence-electron chi connectivity index (χ0n) is 20.2. The van der Waals surface area contributed by atoms with Gasteiger partial charge in [-0.1, -0.05) is 62.7 Å². The minimum absolute atomic E-state index is 0.00472. The van der Waals surface area contributed by atoms with Crippen molar-refractivity contribution in [3.8, 4) is 11.3 Å². The molecule has 0 aliphatic heterocycles. The Morgan fingerprint density at radius 2 is 1.46 bits per heavy atom. The number of alkyl halides is 6. The minimum atomic E-state index is -4.62. The van der Waals surface area contributed by atoms with Crippen LogP contribution in [0.4, 0.5) is 26.3 Å². The van der Waals surface area contributed by atoms with Gasteiger partial charge in [0.2, 0.25) is 0 Å². The molecule has 10 heteroatoms. The minimum Gasteiger partial charge on any atom is -0.463 e. The Kier molecular flexibility index (Phi) is 5.80. The number of fused-ring (bicyclic) bond motifs is 2. The Morgan fingerprint density at radius 1 is 0.800 bits per heavy atom. The van der Waals surface area contributed by atoms with Crippen LogP contribution in [0.3, 0.4) is 0 Å². The zero-order chi connectivity index (χ0) is 26.1. The molecule has 2 aromatic carbocycles. The first-order chi connectivity index (χ1) is 15.9. The van der Waals surface area contributed by atoms with Crippen molar-refractivity contribution in [1.29, 1.82) is 0 Å². The molecule has 2 heterocycles. The number of aromatic nitrogens is 1. The smallest absolute Gasteiger partial charge is 0.419 e. The summed E-state index contributed by atoms with van der Waals surface area (Å²) in [7, 11) is -4.88. The van der Waals surface area contributed by atoms with Crippen LogP contribution in [0.15, 0.2) is 47.0 Å². The number of hydrogen-bond acceptors (Lipinski definition) is 2. The summed E-state index contributed by atoms with van der Waals surface area (Å²) in [5.41, 5.74) is -0.879. The van der Waals surface area contributed by atoms with Crippen LogP contribution in [-0.4, -0.2) is 21.1 Å². The third-order valence-corrected chi connectivity index (χ3v) is 9.66. The normalized spacial score (nSPS) is 13.7. The average molecular weight is 526 g/mol. The first-order valence-corrected chi connectivity index (χ1v) is 18.0. The van der Waals surface area contributed by atoms with Crippen LogP contribution in [0.5, 0.6) is 0 Å². The molecule has 0 aliphatic carbocycles. The van der Waals surface area contributed by atoms with E-state index in [1.807, 2.05) is 19.6 Å². The van der Waals surface area contributed by atoms with Gasteiger partial charge in [0.15, 0.2) is 5.58 Å². The Bertz CT molecular complexity index is 1440. The fourth-order valence-electron chi connectivity index (χ4n) is 4.43. The van der Waals surface area contributed by atoms with Gasteiger partial charge in [-0.2, -0.15) is 26.3 Å². The molecule has 2 aromatic heterocycles. The van der Waals surface area contributed by atoms with E-state index in [4.69, 9.17) is 4.42 Å². The van der Waals surface area contributed by atoms with Gasteiger partial charge in [0.05, 0.1) is 24.6 Å². The number of rotatable bonds is 3. The van der Waals surface area contributed by atoms with E-state index in [0.717, 1.165) is 6.07 Å². The number of hydrogen-bond donors (Lipinski definition) is 0. The fraction of sp³-hybridized carbons (Fsp3) is 0.320. The van der Waals surface area contributed by atoms with Gasteiger partial charge in [-0.05, 0) is 29.0 Å². The molecule has 0 spiro atoms. The molecule has 4 rings (SSSR count). The quantitative estimate of drug-likeness (QED) is 0.202. The summed E-state index contributed by atoms with van der Waals surface area (Å²) in [6.45, 7) is 11.1. The van der Waals surface area contributed by atoms with Crippen molar-refractivity contribution >= 4 is 48.5 Å². The summed E-state index contributed by atoms with van der Waals surface area (Å²) in [5.74, 6) is 0. The summed E-state index contributed by atoms with van der Waals surface area (Å²) < 4.78 is 89.8. The van der Waals surface area contributed by atoms with Gasteiger partial charge in [-0.15, -0.1) is 0 Å². The third kappa shape index (κ3) is 4.53. The van der Waals surface area contributed by atoms with E-state index in [-0.39, 0.29) is 27.4 Å². The molecule has 0 saturated heterocycles. The Balaban J connectivity index is 2.12. The van der Waals surface area contributed by atoms with E-state index in [1.54, 1.807) is 37.8 Å². The lowest BCUT2D eigenvalue weighted by Gasteiger charge is -2.23. The molecular formula is C25H25F6NOSi2. The van der Waals surface area contributed by atoms with Crippen molar-refractivity contribution < 1.29 is 30.8 Å². The van der Waals surface area contributed by atoms with E-state index in [2.05, 4.69) is 4.98 Å². The average Bonchev–Trinajstić information content (AvgIpc) is 3.12. The Morgan fingerprint density at radius 3 is 2.00 bits per heavy atom. The van der Waals surface area contributed by atoms with Crippen LogP contribution in [0, 0.1) is 0 Å². The van der Waals surface area contributed by atoms with Crippen LogP contribution in [0.25, 0.3) is 33.0 Å². The Labute approximate surface area is 201 Å². The summed E-state index contributed by atoms with van der Waals surface area (Å²) in [6.07, 6.45) is -7.86. The molecule has 0 radical (unpaired) electrons. The maximum atomic E-state index is 14.1. The topological polar surface area (TPSA) is 26.0 Å². The van der Waals surface area contributed by atoms with Crippen molar-refractivity contribution in [3.63, 3.8) is 0 Å². The molecule has 0 amide bonds. The highest BCUT2D eigenvalue weighted by molar-refractivity contribution is 6.90. The number of pyridine rings is 1. The fourth-order valence-corrected chi connectivity index (χ4v) is 7.48. The summed E-state index contributed by atoms with van der Waals surface area (Å²) >= 11 is 0. The number of furan rings is 1. The molecule has 4 aromatic rings. The van der Waals surface area contributed by atoms with Gasteiger partial charge in [-0.3, -0.25) is 4.98 Å². The van der Waals surface area contributed by atoms with Gasteiger partial charge in [-0.25, -0.2) is 0 Å². The highest BCUT2D eigenvalue weighted by atomic mass is 28.3. The lowest BCUT2D eigenvalue weighted by atomic mass is 9.99. The lowest BCUT2D eigenvalue weighted by Crippen LogP contribution is -2.40. The molecule has 0 fully saturated rings. The molecule has 0 aliphatic rings. The first-order valence-electron chi connectivity index (χ1n) is 11.0.